The van der Waals surface area contributed by atoms with Gasteiger partial charge >= 0.3 is 0 Å². The molecule has 0 aromatic heterocycles. The van der Waals surface area contributed by atoms with Crippen LogP contribution in [0.4, 0.5) is 5.69 Å². The first-order valence-corrected chi connectivity index (χ1v) is 10.4. The molecule has 1 aliphatic rings. The van der Waals surface area contributed by atoms with Crippen molar-refractivity contribution in [1.82, 2.24) is 0 Å². The van der Waals surface area contributed by atoms with Crippen LogP contribution in [0.25, 0.3) is 43.4 Å². The largest absolute Gasteiger partial charge is 0.372 e. The van der Waals surface area contributed by atoms with Crippen LogP contribution >= 0.6 is 0 Å². The van der Waals surface area contributed by atoms with Gasteiger partial charge in [0.25, 0.3) is 0 Å². The minimum atomic E-state index is 1.18. The van der Waals surface area contributed by atoms with Gasteiger partial charge in [-0.3, -0.25) is 0 Å². The van der Waals surface area contributed by atoms with Gasteiger partial charge in [0.2, 0.25) is 0 Å². The second kappa shape index (κ2) is 6.24. The van der Waals surface area contributed by atoms with Gasteiger partial charge in [-0.2, -0.15) is 0 Å². The van der Waals surface area contributed by atoms with E-state index in [1.807, 2.05) is 0 Å². The van der Waals surface area contributed by atoms with Gasteiger partial charge in [0.1, 0.15) is 0 Å². The predicted octanol–water partition coefficient (Wildman–Crippen LogP) is 7.24. The standard InChI is InChI=1S/C27H23N/c1-2-16-28(17-3-1)23-9-5-8-22(18-23)24-14-12-21-11-10-19-6-4-7-20-13-15-25(24)27(21)26(19)20/h4-15,18H,1-3,16-17H2. The first-order valence-electron chi connectivity index (χ1n) is 10.4. The zero-order valence-corrected chi connectivity index (χ0v) is 16.0. The third-order valence-electron chi connectivity index (χ3n) is 6.41. The molecule has 1 nitrogen and oxygen atoms in total. The minimum absolute atomic E-state index is 1.18. The van der Waals surface area contributed by atoms with E-state index in [4.69, 9.17) is 0 Å². The zero-order valence-electron chi connectivity index (χ0n) is 16.0. The summed E-state index contributed by atoms with van der Waals surface area (Å²) in [6.07, 6.45) is 3.98. The van der Waals surface area contributed by atoms with Crippen molar-refractivity contribution in [3.63, 3.8) is 0 Å². The molecule has 5 aromatic rings. The van der Waals surface area contributed by atoms with Gasteiger partial charge in [-0.25, -0.2) is 0 Å². The first-order chi connectivity index (χ1) is 13.9. The van der Waals surface area contributed by atoms with Gasteiger partial charge < -0.3 is 4.90 Å². The van der Waals surface area contributed by atoms with Crippen LogP contribution in [0.1, 0.15) is 19.3 Å². The number of benzene rings is 5. The van der Waals surface area contributed by atoms with Crippen molar-refractivity contribution in [3.8, 4) is 11.1 Å². The van der Waals surface area contributed by atoms with Crippen LogP contribution in [0.2, 0.25) is 0 Å². The van der Waals surface area contributed by atoms with Crippen molar-refractivity contribution in [1.29, 1.82) is 0 Å². The molecule has 1 heteroatoms. The molecule has 0 radical (unpaired) electrons. The average Bonchev–Trinajstić information content (AvgIpc) is 2.78. The lowest BCUT2D eigenvalue weighted by molar-refractivity contribution is 0.578. The molecule has 0 amide bonds. The van der Waals surface area contributed by atoms with Crippen LogP contribution < -0.4 is 4.90 Å². The molecule has 1 saturated heterocycles. The van der Waals surface area contributed by atoms with E-state index < -0.39 is 0 Å². The molecule has 0 N–H and O–H groups in total. The lowest BCUT2D eigenvalue weighted by Gasteiger charge is -2.29. The van der Waals surface area contributed by atoms with Crippen LogP contribution in [-0.4, -0.2) is 13.1 Å². The Kier molecular flexibility index (Phi) is 3.55. The number of hydrogen-bond acceptors (Lipinski definition) is 1. The highest BCUT2D eigenvalue weighted by molar-refractivity contribution is 6.25. The highest BCUT2D eigenvalue weighted by atomic mass is 15.1. The molecule has 5 aromatic carbocycles. The fraction of sp³-hybridized carbons (Fsp3) is 0.185. The summed E-state index contributed by atoms with van der Waals surface area (Å²) in [7, 11) is 0. The first kappa shape index (κ1) is 15.9. The van der Waals surface area contributed by atoms with E-state index in [9.17, 15) is 0 Å². The van der Waals surface area contributed by atoms with Crippen LogP contribution in [-0.2, 0) is 0 Å². The second-order valence-electron chi connectivity index (χ2n) is 8.07. The number of hydrogen-bond donors (Lipinski definition) is 0. The van der Waals surface area contributed by atoms with Gasteiger partial charge in [0, 0.05) is 18.8 Å². The summed E-state index contributed by atoms with van der Waals surface area (Å²) in [6.45, 7) is 2.36. The van der Waals surface area contributed by atoms with E-state index in [1.165, 1.54) is 81.5 Å². The second-order valence-corrected chi connectivity index (χ2v) is 8.07. The van der Waals surface area contributed by atoms with Crippen LogP contribution in [0.15, 0.2) is 78.9 Å². The van der Waals surface area contributed by atoms with E-state index in [0.29, 0.717) is 0 Å². The van der Waals surface area contributed by atoms with E-state index in [-0.39, 0.29) is 0 Å². The smallest absolute Gasteiger partial charge is 0.0372 e. The Labute approximate surface area is 165 Å². The van der Waals surface area contributed by atoms with Gasteiger partial charge in [-0.05, 0) is 74.8 Å². The lowest BCUT2D eigenvalue weighted by atomic mass is 9.90. The summed E-state index contributed by atoms with van der Waals surface area (Å²) in [6, 6.07) is 29.4. The zero-order chi connectivity index (χ0) is 18.5. The molecule has 0 saturated carbocycles. The summed E-state index contributed by atoms with van der Waals surface area (Å²) in [4.78, 5) is 2.54. The van der Waals surface area contributed by atoms with Crippen molar-refractivity contribution < 1.29 is 0 Å². The molecular formula is C27H23N. The van der Waals surface area contributed by atoms with Crippen molar-refractivity contribution >= 4 is 38.0 Å². The van der Waals surface area contributed by atoms with Crippen LogP contribution in [0.5, 0.6) is 0 Å². The van der Waals surface area contributed by atoms with Gasteiger partial charge in [0.05, 0.1) is 0 Å². The van der Waals surface area contributed by atoms with E-state index in [0.717, 1.165) is 0 Å². The average molecular weight is 361 g/mol. The van der Waals surface area contributed by atoms with Crippen LogP contribution in [0, 0.1) is 0 Å². The van der Waals surface area contributed by atoms with E-state index in [2.05, 4.69) is 83.8 Å². The maximum Gasteiger partial charge on any atom is 0.0372 e. The Balaban J connectivity index is 1.58. The van der Waals surface area contributed by atoms with Crippen molar-refractivity contribution in [2.24, 2.45) is 0 Å². The fourth-order valence-electron chi connectivity index (χ4n) is 5.01. The SMILES string of the molecule is c1cc(-c2ccc3ccc4cccc5ccc2c3c45)cc(N2CCCCC2)c1. The predicted molar refractivity (Wildman–Crippen MR) is 122 cm³/mol. The van der Waals surface area contributed by atoms with E-state index in [1.54, 1.807) is 0 Å². The third-order valence-corrected chi connectivity index (χ3v) is 6.41. The molecule has 0 aliphatic carbocycles. The molecule has 0 spiro atoms. The third kappa shape index (κ3) is 2.39. The summed E-state index contributed by atoms with van der Waals surface area (Å²) in [5.74, 6) is 0. The Bertz CT molecular complexity index is 1280. The number of rotatable bonds is 2. The lowest BCUT2D eigenvalue weighted by Crippen LogP contribution is -2.29. The molecule has 1 aliphatic heterocycles. The minimum Gasteiger partial charge on any atom is -0.372 e. The molecule has 28 heavy (non-hydrogen) atoms. The van der Waals surface area contributed by atoms with Crippen molar-refractivity contribution in [3.05, 3.63) is 78.9 Å². The summed E-state index contributed by atoms with van der Waals surface area (Å²) in [5.41, 5.74) is 4.02. The van der Waals surface area contributed by atoms with Crippen molar-refractivity contribution in [2.75, 3.05) is 18.0 Å². The van der Waals surface area contributed by atoms with Crippen molar-refractivity contribution in [2.45, 2.75) is 19.3 Å². The fourth-order valence-corrected chi connectivity index (χ4v) is 5.01. The molecule has 0 unspecified atom stereocenters. The Morgan fingerprint density at radius 2 is 1.25 bits per heavy atom. The van der Waals surface area contributed by atoms with Gasteiger partial charge in [-0.15, -0.1) is 0 Å². The number of piperidine rings is 1. The highest BCUT2D eigenvalue weighted by Gasteiger charge is 2.14. The van der Waals surface area contributed by atoms with E-state index >= 15 is 0 Å². The highest BCUT2D eigenvalue weighted by Crippen LogP contribution is 2.39. The Morgan fingerprint density at radius 1 is 0.571 bits per heavy atom. The number of nitrogens with zero attached hydrogens (tertiary/aromatic N) is 1. The molecule has 0 bridgehead atoms. The maximum atomic E-state index is 2.54. The Hall–Kier alpha value is -3.06. The molecule has 0 atom stereocenters. The normalized spacial score (nSPS) is 15.1. The maximum absolute atomic E-state index is 2.54. The summed E-state index contributed by atoms with van der Waals surface area (Å²) < 4.78 is 0. The van der Waals surface area contributed by atoms with Crippen LogP contribution in [0.3, 0.4) is 0 Å². The van der Waals surface area contributed by atoms with Gasteiger partial charge in [-0.1, -0.05) is 66.7 Å². The van der Waals surface area contributed by atoms with Gasteiger partial charge in [0.15, 0.2) is 0 Å². The topological polar surface area (TPSA) is 3.24 Å². The molecule has 1 heterocycles. The molecule has 1 fully saturated rings. The number of anilines is 1. The monoisotopic (exact) mass is 361 g/mol. The molecule has 6 rings (SSSR count). The quantitative estimate of drug-likeness (QED) is 0.299. The Morgan fingerprint density at radius 3 is 2.07 bits per heavy atom. The summed E-state index contributed by atoms with van der Waals surface area (Å²) >= 11 is 0. The molecule has 136 valence electrons. The summed E-state index contributed by atoms with van der Waals surface area (Å²) in [5, 5.41) is 8.14. The molecular weight excluding hydrogens is 338 g/mol.